The molecule has 1 aromatic heterocycles. The van der Waals surface area contributed by atoms with Crippen LogP contribution in [-0.4, -0.2) is 131 Å². The Morgan fingerprint density at radius 1 is 1.00 bits per heavy atom. The first kappa shape index (κ1) is 39.1. The molecule has 6 heterocycles. The van der Waals surface area contributed by atoms with E-state index in [1.165, 1.54) is 14.0 Å². The highest BCUT2D eigenvalue weighted by Crippen LogP contribution is 2.68. The molecule has 310 valence electrons. The van der Waals surface area contributed by atoms with Crippen LogP contribution in [0.15, 0.2) is 48.6 Å². The lowest BCUT2D eigenvalue weighted by Crippen LogP contribution is -2.81. The predicted molar refractivity (Wildman–Crippen MR) is 216 cm³/mol. The average molecular weight is 797 g/mol. The van der Waals surface area contributed by atoms with Crippen LogP contribution in [0.4, 0.5) is 5.69 Å². The second-order valence-corrected chi connectivity index (χ2v) is 18.0. The number of aliphatic hydroxyl groups is 2. The van der Waals surface area contributed by atoms with Crippen LogP contribution in [0.3, 0.4) is 0 Å². The molecule has 2 bridgehead atoms. The van der Waals surface area contributed by atoms with Gasteiger partial charge in [-0.05, 0) is 74.2 Å². The van der Waals surface area contributed by atoms with E-state index in [9.17, 15) is 24.9 Å². The summed E-state index contributed by atoms with van der Waals surface area (Å²) in [6.45, 7) is 8.40. The number of fused-ring (bicyclic) bond motifs is 6. The first-order valence-electron chi connectivity index (χ1n) is 20.8. The molecule has 2 saturated heterocycles. The number of nitrogens with one attached hydrogen (secondary N) is 1. The van der Waals surface area contributed by atoms with E-state index in [-0.39, 0.29) is 12.0 Å². The number of benzene rings is 2. The maximum Gasteiger partial charge on any atom is 0.341 e. The van der Waals surface area contributed by atoms with Gasteiger partial charge in [0.1, 0.15) is 11.2 Å². The Bertz CT molecular complexity index is 2240. The maximum atomic E-state index is 15.3. The summed E-state index contributed by atoms with van der Waals surface area (Å²) in [5.74, 6) is -2.29. The van der Waals surface area contributed by atoms with Gasteiger partial charge in [-0.25, -0.2) is 4.79 Å². The predicted octanol–water partition coefficient (Wildman–Crippen LogP) is 3.90. The average Bonchev–Trinajstić information content (AvgIpc) is 3.87. The van der Waals surface area contributed by atoms with Crippen molar-refractivity contribution in [2.45, 2.75) is 99.5 Å². The molecular weight excluding hydrogens is 741 g/mol. The van der Waals surface area contributed by atoms with E-state index in [0.29, 0.717) is 88.2 Å². The highest BCUT2D eigenvalue weighted by atomic mass is 16.6. The number of ether oxygens (including phenoxy) is 3. The van der Waals surface area contributed by atoms with E-state index in [2.05, 4.69) is 26.9 Å². The van der Waals surface area contributed by atoms with E-state index >= 15 is 4.79 Å². The molecule has 3 fully saturated rings. The Kier molecular flexibility index (Phi) is 8.95. The van der Waals surface area contributed by atoms with Gasteiger partial charge < -0.3 is 39.4 Å². The molecule has 1 saturated carbocycles. The number of rotatable bonds is 7. The minimum atomic E-state index is -2.53. The number of aromatic nitrogens is 1. The Balaban J connectivity index is 1.36. The third kappa shape index (κ3) is 4.93. The number of hydrogen-bond donors (Lipinski definition) is 4. The van der Waals surface area contributed by atoms with Gasteiger partial charge in [0.05, 0.1) is 25.9 Å². The molecule has 6 aliphatic rings. The van der Waals surface area contributed by atoms with Gasteiger partial charge in [0, 0.05) is 90.9 Å². The van der Waals surface area contributed by atoms with Crippen molar-refractivity contribution in [2.24, 2.45) is 11.3 Å². The summed E-state index contributed by atoms with van der Waals surface area (Å²) in [6, 6.07) is 10.6. The van der Waals surface area contributed by atoms with Crippen molar-refractivity contribution in [3.8, 4) is 5.75 Å². The number of carbonyl (C=O) groups is 3. The fraction of sp³-hybridized carbons (Fsp3) is 0.578. The Labute approximate surface area is 338 Å². The van der Waals surface area contributed by atoms with Crippen LogP contribution in [0.5, 0.6) is 5.75 Å². The number of hydrogen-bond acceptors (Lipinski definition) is 11. The molecule has 1 aliphatic carbocycles. The quantitative estimate of drug-likeness (QED) is 0.202. The first-order valence-corrected chi connectivity index (χ1v) is 20.8. The molecule has 0 radical (unpaired) electrons. The number of methoxy groups -OCH3 is 2. The second-order valence-electron chi connectivity index (χ2n) is 18.0. The molecule has 13 heteroatoms. The summed E-state index contributed by atoms with van der Waals surface area (Å²) < 4.78 is 18.2. The van der Waals surface area contributed by atoms with Gasteiger partial charge in [-0.1, -0.05) is 44.2 Å². The smallest absolute Gasteiger partial charge is 0.341 e. The summed E-state index contributed by atoms with van der Waals surface area (Å²) in [6.07, 6.45) is 5.52. The van der Waals surface area contributed by atoms with Crippen LogP contribution in [0.2, 0.25) is 0 Å². The SMILES string of the molecule is CCC12C=CCN3CCC4(c5cc([C@@]6(C(=O)OC)C[C@H]7CN(CCc8c6[nH]c6ccccc86)C[C@](O)(CC)C7)c(OC)cc5N(C)C4C(O)(C(=O)O)C1OC(C)=O)C32. The lowest BCUT2D eigenvalue weighted by molar-refractivity contribution is -0.226. The van der Waals surface area contributed by atoms with Gasteiger partial charge in [0.15, 0.2) is 6.10 Å². The van der Waals surface area contributed by atoms with E-state index in [1.54, 1.807) is 14.2 Å². The van der Waals surface area contributed by atoms with Gasteiger partial charge in [0.25, 0.3) is 0 Å². The van der Waals surface area contributed by atoms with Gasteiger partial charge in [-0.15, -0.1) is 0 Å². The standard InChI is InChI=1S/C45H56N4O9/c1-7-41(54)22-27-23-44(40(53)57-6,35-29(14-18-48(24-27)25-41)28-12-9-10-13-32(28)46-35)31-20-30-33(21-34(31)56-5)47(4)37-43(30)16-19-49-17-11-15-42(8-2,36(43)49)38(58-26(3)50)45(37,55)39(51)52/h9-13,15,20-21,27,36-38,46,54-55H,7-8,14,16-19,22-25H2,1-6H3,(H,51,52)/t27-,36?,37?,38?,41-,42?,43?,44-,45?/m0/s1. The number of carboxylic acid groups (broad SMARTS) is 1. The van der Waals surface area contributed by atoms with Crippen molar-refractivity contribution in [1.82, 2.24) is 14.8 Å². The van der Waals surface area contributed by atoms with Crippen LogP contribution < -0.4 is 9.64 Å². The van der Waals surface area contributed by atoms with Crippen molar-refractivity contribution in [1.29, 1.82) is 0 Å². The van der Waals surface area contributed by atoms with Gasteiger partial charge in [-0.2, -0.15) is 0 Å². The number of anilines is 1. The van der Waals surface area contributed by atoms with Crippen molar-refractivity contribution >= 4 is 34.5 Å². The third-order valence-electron chi connectivity index (χ3n) is 15.4. The van der Waals surface area contributed by atoms with Crippen LogP contribution in [0.25, 0.3) is 10.9 Å². The summed E-state index contributed by atoms with van der Waals surface area (Å²) in [7, 11) is 4.79. The molecular formula is C45H56N4O9. The summed E-state index contributed by atoms with van der Waals surface area (Å²) in [4.78, 5) is 52.2. The van der Waals surface area contributed by atoms with Gasteiger partial charge in [-0.3, -0.25) is 19.4 Å². The number of aromatic amines is 1. The van der Waals surface area contributed by atoms with E-state index in [0.717, 1.165) is 27.7 Å². The van der Waals surface area contributed by atoms with Gasteiger partial charge >= 0.3 is 17.9 Å². The minimum absolute atomic E-state index is 0.115. The van der Waals surface area contributed by atoms with Crippen molar-refractivity contribution in [3.05, 3.63) is 70.9 Å². The zero-order chi connectivity index (χ0) is 41.2. The van der Waals surface area contributed by atoms with Gasteiger partial charge in [0.2, 0.25) is 5.60 Å². The number of carbonyl (C=O) groups excluding carboxylic acids is 2. The molecule has 9 rings (SSSR count). The molecule has 3 aromatic rings. The number of piperidine rings is 1. The highest BCUT2D eigenvalue weighted by molar-refractivity contribution is 5.95. The zero-order valence-electron chi connectivity index (χ0n) is 34.3. The van der Waals surface area contributed by atoms with Crippen LogP contribution in [-0.2, 0) is 41.1 Å². The number of para-hydroxylation sites is 1. The lowest BCUT2D eigenvalue weighted by Gasteiger charge is -2.63. The minimum Gasteiger partial charge on any atom is -0.496 e. The first-order chi connectivity index (χ1) is 27.7. The largest absolute Gasteiger partial charge is 0.496 e. The molecule has 2 aromatic carbocycles. The number of H-pyrrole nitrogens is 1. The molecule has 4 N–H and O–H groups in total. The highest BCUT2D eigenvalue weighted by Gasteiger charge is 2.80. The Morgan fingerprint density at radius 2 is 1.78 bits per heavy atom. The number of carboxylic acids is 1. The fourth-order valence-electron chi connectivity index (χ4n) is 13.4. The lowest BCUT2D eigenvalue weighted by atomic mass is 9.47. The maximum absolute atomic E-state index is 15.3. The summed E-state index contributed by atoms with van der Waals surface area (Å²) in [5, 5.41) is 37.2. The number of esters is 2. The van der Waals surface area contributed by atoms with E-state index in [1.807, 2.05) is 55.2 Å². The number of aliphatic carboxylic acids is 1. The van der Waals surface area contributed by atoms with Crippen molar-refractivity contribution in [2.75, 3.05) is 58.9 Å². The number of likely N-dealkylation sites (N-methyl/N-ethyl adjacent to an activating group) is 1. The Morgan fingerprint density at radius 3 is 2.47 bits per heavy atom. The Hall–Kier alpha value is -4.43. The molecule has 7 unspecified atom stereocenters. The molecule has 0 amide bonds. The van der Waals surface area contributed by atoms with E-state index < -0.39 is 57.5 Å². The zero-order valence-corrected chi connectivity index (χ0v) is 34.3. The third-order valence-corrected chi connectivity index (χ3v) is 15.4. The number of nitrogens with zero attached hydrogens (tertiary/aromatic N) is 3. The molecule has 13 nitrogen and oxygen atoms in total. The van der Waals surface area contributed by atoms with Crippen LogP contribution >= 0.6 is 0 Å². The normalized spacial score (nSPS) is 37.4. The molecule has 58 heavy (non-hydrogen) atoms. The monoisotopic (exact) mass is 796 g/mol. The van der Waals surface area contributed by atoms with Crippen LogP contribution in [0, 0.1) is 11.3 Å². The van der Waals surface area contributed by atoms with Crippen LogP contribution in [0.1, 0.15) is 75.3 Å². The van der Waals surface area contributed by atoms with Crippen molar-refractivity contribution < 1.29 is 43.9 Å². The molecule has 10 atom stereocenters. The summed E-state index contributed by atoms with van der Waals surface area (Å²) in [5.41, 5.74) is -2.26. The van der Waals surface area contributed by atoms with E-state index in [4.69, 9.17) is 14.2 Å². The molecule has 1 spiro atoms. The summed E-state index contributed by atoms with van der Waals surface area (Å²) >= 11 is 0. The fourth-order valence-corrected chi connectivity index (χ4v) is 13.4. The second kappa shape index (κ2) is 13.3. The van der Waals surface area contributed by atoms with Crippen molar-refractivity contribution in [3.63, 3.8) is 0 Å². The molecule has 5 aliphatic heterocycles. The topological polar surface area (TPSA) is 165 Å².